The molecule has 8 heteroatoms. The van der Waals surface area contributed by atoms with Crippen LogP contribution in [0.2, 0.25) is 0 Å². The number of amides is 1. The minimum absolute atomic E-state index is 0.0697. The third-order valence-corrected chi connectivity index (χ3v) is 6.62. The maximum absolute atomic E-state index is 12.9. The molecule has 0 aliphatic carbocycles. The third-order valence-electron chi connectivity index (χ3n) is 5.11. The highest BCUT2D eigenvalue weighted by molar-refractivity contribution is 9.10. The van der Waals surface area contributed by atoms with Crippen molar-refractivity contribution in [1.82, 2.24) is 14.3 Å². The molecule has 0 atom stereocenters. The lowest BCUT2D eigenvalue weighted by atomic mass is 10.1. The predicted octanol–water partition coefficient (Wildman–Crippen LogP) is 4.25. The van der Waals surface area contributed by atoms with Crippen LogP contribution in [0, 0.1) is 0 Å². The Morgan fingerprint density at radius 3 is 2.83 bits per heavy atom. The van der Waals surface area contributed by atoms with Gasteiger partial charge in [0.25, 0.3) is 5.91 Å². The zero-order valence-electron chi connectivity index (χ0n) is 16.8. The Hall–Kier alpha value is -2.45. The van der Waals surface area contributed by atoms with Crippen LogP contribution in [0.1, 0.15) is 28.2 Å². The van der Waals surface area contributed by atoms with Crippen molar-refractivity contribution in [2.75, 3.05) is 38.2 Å². The monoisotopic (exact) mass is 486 g/mol. The summed E-state index contributed by atoms with van der Waals surface area (Å²) in [6.07, 6.45) is 1.58. The molecule has 0 spiro atoms. The molecule has 1 fully saturated rings. The second-order valence-corrected chi connectivity index (χ2v) is 8.72. The molecule has 0 unspecified atom stereocenters. The number of hydrogen-bond donors (Lipinski definition) is 0. The summed E-state index contributed by atoms with van der Waals surface area (Å²) in [7, 11) is 1.67. The summed E-state index contributed by atoms with van der Waals surface area (Å²) in [5.41, 5.74) is 1.84. The largest absolute Gasteiger partial charge is 0.497 e. The summed E-state index contributed by atoms with van der Waals surface area (Å²) in [5, 5.41) is 0.920. The van der Waals surface area contributed by atoms with Crippen LogP contribution in [0.25, 0.3) is 0 Å². The molecule has 2 heterocycles. The van der Waals surface area contributed by atoms with E-state index in [1.165, 1.54) is 11.5 Å². The van der Waals surface area contributed by atoms with Crippen molar-refractivity contribution in [3.05, 3.63) is 70.0 Å². The molecule has 2 aromatic carbocycles. The number of carbonyl (C=O) groups is 1. The van der Waals surface area contributed by atoms with E-state index in [9.17, 15) is 4.79 Å². The first-order valence-electron chi connectivity index (χ1n) is 9.88. The summed E-state index contributed by atoms with van der Waals surface area (Å²) in [5.74, 6) is 1.72. The van der Waals surface area contributed by atoms with E-state index in [1.807, 2.05) is 47.4 Å². The third kappa shape index (κ3) is 4.82. The van der Waals surface area contributed by atoms with Crippen molar-refractivity contribution in [1.29, 1.82) is 0 Å². The van der Waals surface area contributed by atoms with Crippen LogP contribution in [0.4, 0.5) is 5.13 Å². The van der Waals surface area contributed by atoms with E-state index in [2.05, 4.69) is 31.3 Å². The first-order chi connectivity index (χ1) is 14.6. The normalized spacial score (nSPS) is 14.5. The first-order valence-corrected chi connectivity index (χ1v) is 11.4. The van der Waals surface area contributed by atoms with Crippen molar-refractivity contribution >= 4 is 38.5 Å². The van der Waals surface area contributed by atoms with Crippen molar-refractivity contribution in [3.63, 3.8) is 0 Å². The minimum Gasteiger partial charge on any atom is -0.497 e. The average molecular weight is 487 g/mol. The standard InChI is InChI=1S/C22H23BrN4O2S/c1-29-17-7-4-6-16(14-17)15-20-24-22(30-25-20)27-11-5-10-26(12-13-27)21(28)18-8-2-3-9-19(18)23/h2-4,6-9,14H,5,10-13,15H2,1H3. The van der Waals surface area contributed by atoms with Gasteiger partial charge in [0.2, 0.25) is 5.13 Å². The molecule has 1 amide bonds. The van der Waals surface area contributed by atoms with Crippen molar-refractivity contribution in [2.45, 2.75) is 12.8 Å². The van der Waals surface area contributed by atoms with E-state index in [1.54, 1.807) is 7.11 Å². The second-order valence-electron chi connectivity index (χ2n) is 7.13. The quantitative estimate of drug-likeness (QED) is 0.539. The number of aromatic nitrogens is 2. The fraction of sp³-hybridized carbons (Fsp3) is 0.318. The number of nitrogens with zero attached hydrogens (tertiary/aromatic N) is 4. The number of carbonyl (C=O) groups excluding carboxylic acids is 1. The zero-order valence-corrected chi connectivity index (χ0v) is 19.2. The molecule has 1 aromatic heterocycles. The minimum atomic E-state index is 0.0697. The van der Waals surface area contributed by atoms with Crippen molar-refractivity contribution < 1.29 is 9.53 Å². The van der Waals surface area contributed by atoms with Gasteiger partial charge in [0.05, 0.1) is 12.7 Å². The van der Waals surface area contributed by atoms with Gasteiger partial charge in [0.1, 0.15) is 11.6 Å². The van der Waals surface area contributed by atoms with Crippen LogP contribution in [-0.2, 0) is 6.42 Å². The predicted molar refractivity (Wildman–Crippen MR) is 123 cm³/mol. The number of rotatable bonds is 5. The lowest BCUT2D eigenvalue weighted by Crippen LogP contribution is -2.35. The Labute approximate surface area is 188 Å². The van der Waals surface area contributed by atoms with Crippen LogP contribution >= 0.6 is 27.5 Å². The van der Waals surface area contributed by atoms with Gasteiger partial charge in [-0.3, -0.25) is 4.79 Å². The number of methoxy groups -OCH3 is 1. The number of ether oxygens (including phenoxy) is 1. The fourth-order valence-electron chi connectivity index (χ4n) is 3.53. The van der Waals surface area contributed by atoms with Gasteiger partial charge in [-0.2, -0.15) is 4.37 Å². The van der Waals surface area contributed by atoms with E-state index in [0.29, 0.717) is 18.5 Å². The maximum atomic E-state index is 12.9. The molecular weight excluding hydrogens is 464 g/mol. The smallest absolute Gasteiger partial charge is 0.255 e. The molecule has 156 valence electrons. The van der Waals surface area contributed by atoms with E-state index >= 15 is 0 Å². The van der Waals surface area contributed by atoms with Gasteiger partial charge in [0.15, 0.2) is 0 Å². The highest BCUT2D eigenvalue weighted by atomic mass is 79.9. The molecule has 1 aliphatic heterocycles. The maximum Gasteiger partial charge on any atom is 0.255 e. The van der Waals surface area contributed by atoms with Crippen LogP contribution in [0.15, 0.2) is 53.0 Å². The van der Waals surface area contributed by atoms with Gasteiger partial charge < -0.3 is 14.5 Å². The Balaban J connectivity index is 1.40. The Kier molecular flexibility index (Phi) is 6.64. The van der Waals surface area contributed by atoms with E-state index in [0.717, 1.165) is 52.8 Å². The van der Waals surface area contributed by atoms with Crippen LogP contribution in [0.5, 0.6) is 5.75 Å². The molecule has 0 bridgehead atoms. The first kappa shape index (κ1) is 20.8. The topological polar surface area (TPSA) is 58.6 Å². The molecule has 1 saturated heterocycles. The van der Waals surface area contributed by atoms with E-state index in [-0.39, 0.29) is 5.91 Å². The molecule has 1 aliphatic rings. The Morgan fingerprint density at radius 1 is 1.13 bits per heavy atom. The fourth-order valence-corrected chi connectivity index (χ4v) is 4.72. The summed E-state index contributed by atoms with van der Waals surface area (Å²) >= 11 is 4.91. The average Bonchev–Trinajstić information content (AvgIpc) is 3.08. The molecule has 0 radical (unpaired) electrons. The molecule has 0 N–H and O–H groups in total. The highest BCUT2D eigenvalue weighted by Gasteiger charge is 2.23. The Morgan fingerprint density at radius 2 is 2.00 bits per heavy atom. The lowest BCUT2D eigenvalue weighted by molar-refractivity contribution is 0.0766. The number of anilines is 1. The van der Waals surface area contributed by atoms with Gasteiger partial charge >= 0.3 is 0 Å². The van der Waals surface area contributed by atoms with Gasteiger partial charge in [-0.05, 0) is 52.2 Å². The summed E-state index contributed by atoms with van der Waals surface area (Å²) in [4.78, 5) is 21.8. The van der Waals surface area contributed by atoms with Crippen LogP contribution in [0.3, 0.4) is 0 Å². The molecular formula is C22H23BrN4O2S. The van der Waals surface area contributed by atoms with Crippen molar-refractivity contribution in [2.24, 2.45) is 0 Å². The lowest BCUT2D eigenvalue weighted by Gasteiger charge is -2.22. The van der Waals surface area contributed by atoms with Crippen LogP contribution in [-0.4, -0.2) is 53.5 Å². The SMILES string of the molecule is COc1cccc(Cc2nsc(N3CCCN(C(=O)c4ccccc4Br)CC3)n2)c1. The van der Waals surface area contributed by atoms with Gasteiger partial charge in [-0.15, -0.1) is 0 Å². The molecule has 6 nitrogen and oxygen atoms in total. The van der Waals surface area contributed by atoms with Crippen molar-refractivity contribution in [3.8, 4) is 5.75 Å². The van der Waals surface area contributed by atoms with Gasteiger partial charge in [-0.25, -0.2) is 4.98 Å². The zero-order chi connectivity index (χ0) is 20.9. The molecule has 3 aromatic rings. The molecule has 30 heavy (non-hydrogen) atoms. The van der Waals surface area contributed by atoms with E-state index in [4.69, 9.17) is 9.72 Å². The van der Waals surface area contributed by atoms with Crippen LogP contribution < -0.4 is 9.64 Å². The molecule has 0 saturated carbocycles. The number of halogens is 1. The summed E-state index contributed by atoms with van der Waals surface area (Å²) < 4.78 is 10.7. The van der Waals surface area contributed by atoms with Gasteiger partial charge in [0, 0.05) is 48.6 Å². The second kappa shape index (κ2) is 9.57. The Bertz CT molecular complexity index is 1030. The number of benzene rings is 2. The van der Waals surface area contributed by atoms with E-state index < -0.39 is 0 Å². The summed E-state index contributed by atoms with van der Waals surface area (Å²) in [6, 6.07) is 15.6. The molecule has 4 rings (SSSR count). The number of hydrogen-bond acceptors (Lipinski definition) is 6. The van der Waals surface area contributed by atoms with Gasteiger partial charge in [-0.1, -0.05) is 24.3 Å². The highest BCUT2D eigenvalue weighted by Crippen LogP contribution is 2.23. The summed E-state index contributed by atoms with van der Waals surface area (Å²) in [6.45, 7) is 3.04.